The van der Waals surface area contributed by atoms with E-state index in [1.165, 1.54) is 25.2 Å². The number of benzene rings is 2. The highest BCUT2D eigenvalue weighted by Crippen LogP contribution is 2.29. The lowest BCUT2D eigenvalue weighted by molar-refractivity contribution is 0.147. The Hall–Kier alpha value is -2.47. The number of nitrogens with zero attached hydrogens (tertiary/aromatic N) is 1. The van der Waals surface area contributed by atoms with Crippen LogP contribution >= 0.6 is 27.5 Å². The summed E-state index contributed by atoms with van der Waals surface area (Å²) < 4.78 is 46.8. The maximum absolute atomic E-state index is 13.8. The summed E-state index contributed by atoms with van der Waals surface area (Å²) in [6.45, 7) is 0.113. The number of ether oxygens (including phenoxy) is 1. The van der Waals surface area contributed by atoms with E-state index in [4.69, 9.17) is 16.3 Å². The van der Waals surface area contributed by atoms with Gasteiger partial charge in [0.05, 0.1) is 21.8 Å². The van der Waals surface area contributed by atoms with Crippen molar-refractivity contribution >= 4 is 43.6 Å². The maximum Gasteiger partial charge on any atom is 0.406 e. The monoisotopic (exact) mass is 544 g/mol. The molecule has 0 atom stereocenters. The molecule has 3 N–H and O–H groups in total. The van der Waals surface area contributed by atoms with Gasteiger partial charge in [-0.3, -0.25) is 0 Å². The number of carbonyl (C=O) groups is 1. The molecule has 1 aromatic heterocycles. The zero-order valence-electron chi connectivity index (χ0n) is 16.8. The summed E-state index contributed by atoms with van der Waals surface area (Å²) in [5, 5.41) is 2.34. The van der Waals surface area contributed by atoms with Crippen LogP contribution in [0, 0.1) is 5.82 Å². The summed E-state index contributed by atoms with van der Waals surface area (Å²) in [7, 11) is -2.49. The number of rotatable bonds is 8. The molecule has 1 heterocycles. The predicted octanol–water partition coefficient (Wildman–Crippen LogP) is 4.32. The first kappa shape index (κ1) is 24.2. The lowest BCUT2D eigenvalue weighted by Gasteiger charge is -2.10. The summed E-state index contributed by atoms with van der Waals surface area (Å²) in [4.78, 5) is 18.3. The third kappa shape index (κ3) is 5.85. The Morgan fingerprint density at radius 2 is 2.00 bits per heavy atom. The van der Waals surface area contributed by atoms with Crippen molar-refractivity contribution < 1.29 is 22.3 Å². The number of amides is 1. The molecular weight excluding hydrogens is 527 g/mol. The molecule has 0 aliphatic heterocycles. The molecule has 0 fully saturated rings. The van der Waals surface area contributed by atoms with Crippen LogP contribution in [0.4, 0.5) is 9.18 Å². The van der Waals surface area contributed by atoms with E-state index in [-0.39, 0.29) is 29.5 Å². The number of sulfonamides is 1. The van der Waals surface area contributed by atoms with Gasteiger partial charge in [-0.25, -0.2) is 27.3 Å². The Labute approximate surface area is 197 Å². The minimum atomic E-state index is -3.92. The third-order valence-corrected chi connectivity index (χ3v) is 6.92. The van der Waals surface area contributed by atoms with Crippen molar-refractivity contribution in [2.24, 2.45) is 0 Å². The summed E-state index contributed by atoms with van der Waals surface area (Å²) in [5.74, 6) is -0.0193. The number of hydrogen-bond donors (Lipinski definition) is 3. The van der Waals surface area contributed by atoms with Gasteiger partial charge in [-0.05, 0) is 52.7 Å². The van der Waals surface area contributed by atoms with E-state index in [9.17, 15) is 17.6 Å². The fourth-order valence-electron chi connectivity index (χ4n) is 2.72. The van der Waals surface area contributed by atoms with Gasteiger partial charge in [0.25, 0.3) is 0 Å². The number of nitrogens with one attached hydrogen (secondary N) is 3. The summed E-state index contributed by atoms with van der Waals surface area (Å²) in [6, 6.07) is 9.13. The van der Waals surface area contributed by atoms with E-state index in [0.717, 1.165) is 0 Å². The molecule has 0 saturated carbocycles. The lowest BCUT2D eigenvalue weighted by atomic mass is 10.2. The van der Waals surface area contributed by atoms with E-state index < -0.39 is 21.9 Å². The maximum atomic E-state index is 13.8. The number of alkyl carbamates (subject to hydrolysis) is 1. The molecule has 0 aliphatic carbocycles. The SMILES string of the molecule is CNC(=O)OCCCNS(=O)(=O)c1cc(-c2nc(-c3ccc(Br)c(F)c3)c[nH]2)ccc1Cl. The van der Waals surface area contributed by atoms with E-state index in [1.807, 2.05) is 0 Å². The van der Waals surface area contributed by atoms with Gasteiger partial charge in [-0.2, -0.15) is 0 Å². The fourth-order valence-corrected chi connectivity index (χ4v) is 4.57. The second-order valence-corrected chi connectivity index (χ2v) is 9.54. The van der Waals surface area contributed by atoms with Gasteiger partial charge in [0.2, 0.25) is 10.0 Å². The molecule has 3 rings (SSSR count). The first-order chi connectivity index (χ1) is 15.2. The number of halogens is 3. The van der Waals surface area contributed by atoms with Crippen LogP contribution in [0.3, 0.4) is 0 Å². The molecular formula is C20H19BrClFN4O4S. The Kier molecular flexibility index (Phi) is 7.88. The molecule has 3 aromatic rings. The van der Waals surface area contributed by atoms with Crippen LogP contribution < -0.4 is 10.0 Å². The molecule has 0 saturated heterocycles. The number of aromatic amines is 1. The standard InChI is InChI=1S/C20H19BrClFN4O4S/c1-24-20(28)31-8-2-7-26-32(29,30)18-10-13(4-6-15(18)22)19-25-11-17(27-19)12-3-5-14(21)16(23)9-12/h3-6,9-11,26H,2,7-8H2,1H3,(H,24,28)(H,25,27). The number of imidazole rings is 1. The largest absolute Gasteiger partial charge is 0.450 e. The predicted molar refractivity (Wildman–Crippen MR) is 122 cm³/mol. The molecule has 0 bridgehead atoms. The molecule has 8 nitrogen and oxygen atoms in total. The van der Waals surface area contributed by atoms with Gasteiger partial charge in [0.1, 0.15) is 16.5 Å². The first-order valence-electron chi connectivity index (χ1n) is 9.36. The minimum absolute atomic E-state index is 0.0459. The van der Waals surface area contributed by atoms with Crippen molar-refractivity contribution in [3.8, 4) is 22.6 Å². The fraction of sp³-hybridized carbons (Fsp3) is 0.200. The van der Waals surface area contributed by atoms with Gasteiger partial charge >= 0.3 is 6.09 Å². The van der Waals surface area contributed by atoms with Crippen LogP contribution in [0.2, 0.25) is 5.02 Å². The molecule has 32 heavy (non-hydrogen) atoms. The molecule has 170 valence electrons. The molecule has 2 aromatic carbocycles. The first-order valence-corrected chi connectivity index (χ1v) is 12.0. The molecule has 12 heteroatoms. The summed E-state index contributed by atoms with van der Waals surface area (Å²) in [5.41, 5.74) is 1.55. The van der Waals surface area contributed by atoms with Crippen molar-refractivity contribution in [2.75, 3.05) is 20.2 Å². The highest BCUT2D eigenvalue weighted by molar-refractivity contribution is 9.10. The molecule has 0 radical (unpaired) electrons. The van der Waals surface area contributed by atoms with Crippen LogP contribution in [0.5, 0.6) is 0 Å². The van der Waals surface area contributed by atoms with Crippen molar-refractivity contribution in [1.29, 1.82) is 0 Å². The second-order valence-electron chi connectivity index (χ2n) is 6.55. The minimum Gasteiger partial charge on any atom is -0.450 e. The van der Waals surface area contributed by atoms with Crippen molar-refractivity contribution in [3.05, 3.63) is 57.9 Å². The van der Waals surface area contributed by atoms with Gasteiger partial charge < -0.3 is 15.0 Å². The van der Waals surface area contributed by atoms with Crippen LogP contribution in [-0.2, 0) is 14.8 Å². The molecule has 1 amide bonds. The van der Waals surface area contributed by atoms with Gasteiger partial charge in [-0.1, -0.05) is 17.7 Å². The Balaban J connectivity index is 1.76. The normalized spacial score (nSPS) is 11.4. The lowest BCUT2D eigenvalue weighted by Crippen LogP contribution is -2.27. The Morgan fingerprint density at radius 3 is 2.72 bits per heavy atom. The van der Waals surface area contributed by atoms with Crippen LogP contribution in [-0.4, -0.2) is 44.7 Å². The summed E-state index contributed by atoms with van der Waals surface area (Å²) >= 11 is 9.24. The molecule has 0 aliphatic rings. The Bertz CT molecular complexity index is 1240. The topological polar surface area (TPSA) is 113 Å². The Morgan fingerprint density at radius 1 is 1.25 bits per heavy atom. The van der Waals surface area contributed by atoms with Gasteiger partial charge in [-0.15, -0.1) is 0 Å². The van der Waals surface area contributed by atoms with Crippen molar-refractivity contribution in [3.63, 3.8) is 0 Å². The van der Waals surface area contributed by atoms with E-state index in [2.05, 4.69) is 35.9 Å². The third-order valence-electron chi connectivity index (χ3n) is 4.34. The van der Waals surface area contributed by atoms with Crippen molar-refractivity contribution in [2.45, 2.75) is 11.3 Å². The van der Waals surface area contributed by atoms with Gasteiger partial charge in [0, 0.05) is 30.9 Å². The zero-order chi connectivity index (χ0) is 23.3. The quantitative estimate of drug-likeness (QED) is 0.365. The number of aromatic nitrogens is 2. The molecule has 0 spiro atoms. The number of H-pyrrole nitrogens is 1. The highest BCUT2D eigenvalue weighted by atomic mass is 79.9. The van der Waals surface area contributed by atoms with E-state index in [0.29, 0.717) is 27.1 Å². The van der Waals surface area contributed by atoms with Crippen LogP contribution in [0.15, 0.2) is 52.0 Å². The average molecular weight is 546 g/mol. The van der Waals surface area contributed by atoms with Crippen molar-refractivity contribution in [1.82, 2.24) is 20.0 Å². The zero-order valence-corrected chi connectivity index (χ0v) is 19.9. The summed E-state index contributed by atoms with van der Waals surface area (Å²) in [6.07, 6.45) is 1.30. The van der Waals surface area contributed by atoms with Crippen LogP contribution in [0.25, 0.3) is 22.6 Å². The number of hydrogen-bond acceptors (Lipinski definition) is 5. The van der Waals surface area contributed by atoms with Crippen LogP contribution in [0.1, 0.15) is 6.42 Å². The average Bonchev–Trinajstić information content (AvgIpc) is 3.25. The number of carbonyl (C=O) groups excluding carboxylic acids is 1. The highest BCUT2D eigenvalue weighted by Gasteiger charge is 2.19. The van der Waals surface area contributed by atoms with E-state index >= 15 is 0 Å². The molecule has 0 unspecified atom stereocenters. The van der Waals surface area contributed by atoms with Gasteiger partial charge in [0.15, 0.2) is 0 Å². The smallest absolute Gasteiger partial charge is 0.406 e. The second kappa shape index (κ2) is 10.4. The van der Waals surface area contributed by atoms with E-state index in [1.54, 1.807) is 24.4 Å².